The third-order valence-corrected chi connectivity index (χ3v) is 8.54. The van der Waals surface area contributed by atoms with Crippen LogP contribution in [0.5, 0.6) is 5.75 Å². The fourth-order valence-corrected chi connectivity index (χ4v) is 6.47. The van der Waals surface area contributed by atoms with Gasteiger partial charge in [-0.2, -0.15) is 0 Å². The van der Waals surface area contributed by atoms with E-state index in [1.165, 1.54) is 30.6 Å². The minimum absolute atomic E-state index is 0.124. The maximum atomic E-state index is 13.4. The number of rotatable bonds is 5. The van der Waals surface area contributed by atoms with Crippen LogP contribution in [0.25, 0.3) is 10.2 Å². The number of carbonyl (C=O) groups excluding carboxylic acids is 1. The first kappa shape index (κ1) is 22.9. The number of benzene rings is 1. The van der Waals surface area contributed by atoms with Gasteiger partial charge in [-0.15, -0.1) is 11.3 Å². The molecular formula is C26H33N5O2S. The third kappa shape index (κ3) is 4.19. The Morgan fingerprint density at radius 3 is 2.50 bits per heavy atom. The minimum Gasteiger partial charge on any atom is -0.495 e. The van der Waals surface area contributed by atoms with E-state index in [-0.39, 0.29) is 5.91 Å². The molecule has 0 spiro atoms. The molecule has 1 saturated carbocycles. The normalized spacial score (nSPS) is 17.3. The maximum absolute atomic E-state index is 13.4. The molecule has 3 heterocycles. The zero-order valence-electron chi connectivity index (χ0n) is 20.3. The van der Waals surface area contributed by atoms with Gasteiger partial charge < -0.3 is 19.4 Å². The summed E-state index contributed by atoms with van der Waals surface area (Å²) < 4.78 is 5.56. The monoisotopic (exact) mass is 479 g/mol. The Bertz CT molecular complexity index is 1170. The van der Waals surface area contributed by atoms with E-state index < -0.39 is 0 Å². The molecule has 0 radical (unpaired) electrons. The van der Waals surface area contributed by atoms with Crippen molar-refractivity contribution in [1.29, 1.82) is 0 Å². The van der Waals surface area contributed by atoms with E-state index in [2.05, 4.69) is 38.8 Å². The van der Waals surface area contributed by atoms with Crippen LogP contribution in [-0.2, 0) is 0 Å². The molecule has 7 nitrogen and oxygen atoms in total. The van der Waals surface area contributed by atoms with Crippen molar-refractivity contribution in [3.8, 4) is 5.75 Å². The molecule has 2 fully saturated rings. The molecule has 1 amide bonds. The van der Waals surface area contributed by atoms with Crippen molar-refractivity contribution in [2.24, 2.45) is 0 Å². The first-order valence-electron chi connectivity index (χ1n) is 12.2. The second kappa shape index (κ2) is 9.78. The lowest BCUT2D eigenvalue weighted by molar-refractivity contribution is 0.0700. The standard InChI is InChI=1S/C26H33N5O2S/c1-18-22-24(31-15-13-30(14-16-31)20-11-7-8-12-21(20)33-3)27-17-28-25(22)34-23(18)26(32)29(2)19-9-5-4-6-10-19/h7-8,11-12,17,19H,4-6,9-10,13-16H2,1-3H3. The summed E-state index contributed by atoms with van der Waals surface area (Å²) in [6, 6.07) is 8.52. The Morgan fingerprint density at radius 1 is 1.06 bits per heavy atom. The number of anilines is 2. The molecule has 0 atom stereocenters. The lowest BCUT2D eigenvalue weighted by atomic mass is 9.94. The number of ether oxygens (including phenoxy) is 1. The molecule has 1 aliphatic heterocycles. The first-order valence-corrected chi connectivity index (χ1v) is 13.0. The second-order valence-electron chi connectivity index (χ2n) is 9.29. The van der Waals surface area contributed by atoms with Crippen molar-refractivity contribution in [2.75, 3.05) is 50.1 Å². The number of hydrogen-bond acceptors (Lipinski definition) is 7. The van der Waals surface area contributed by atoms with E-state index in [4.69, 9.17) is 4.74 Å². The molecule has 1 saturated heterocycles. The number of methoxy groups -OCH3 is 1. The van der Waals surface area contributed by atoms with Crippen molar-refractivity contribution in [3.05, 3.63) is 41.0 Å². The molecule has 3 aromatic rings. The van der Waals surface area contributed by atoms with Crippen molar-refractivity contribution < 1.29 is 9.53 Å². The largest absolute Gasteiger partial charge is 0.495 e. The average Bonchev–Trinajstić information content (AvgIpc) is 3.25. The highest BCUT2D eigenvalue weighted by molar-refractivity contribution is 7.20. The predicted octanol–water partition coefficient (Wildman–Crippen LogP) is 4.74. The summed E-state index contributed by atoms with van der Waals surface area (Å²) in [5.41, 5.74) is 2.14. The summed E-state index contributed by atoms with van der Waals surface area (Å²) in [4.78, 5) is 31.0. The highest BCUT2D eigenvalue weighted by atomic mass is 32.1. The van der Waals surface area contributed by atoms with Crippen LogP contribution in [0.15, 0.2) is 30.6 Å². The molecule has 0 N–H and O–H groups in total. The van der Waals surface area contributed by atoms with Gasteiger partial charge in [-0.1, -0.05) is 31.4 Å². The quantitative estimate of drug-likeness (QED) is 0.527. The molecular weight excluding hydrogens is 446 g/mol. The summed E-state index contributed by atoms with van der Waals surface area (Å²) in [5.74, 6) is 1.97. The molecule has 2 aliphatic rings. The van der Waals surface area contributed by atoms with Crippen molar-refractivity contribution >= 4 is 39.0 Å². The van der Waals surface area contributed by atoms with Gasteiger partial charge in [-0.3, -0.25) is 4.79 Å². The van der Waals surface area contributed by atoms with Crippen molar-refractivity contribution in [1.82, 2.24) is 14.9 Å². The molecule has 2 aromatic heterocycles. The topological polar surface area (TPSA) is 61.8 Å². The van der Waals surface area contributed by atoms with Crippen LogP contribution in [0.4, 0.5) is 11.5 Å². The first-order chi connectivity index (χ1) is 16.6. The van der Waals surface area contributed by atoms with Gasteiger partial charge in [0.25, 0.3) is 5.91 Å². The van der Waals surface area contributed by atoms with E-state index in [0.29, 0.717) is 6.04 Å². The molecule has 8 heteroatoms. The molecule has 0 unspecified atom stereocenters. The number of piperazine rings is 1. The predicted molar refractivity (Wildman–Crippen MR) is 139 cm³/mol. The van der Waals surface area contributed by atoms with Gasteiger partial charge in [0.05, 0.1) is 23.1 Å². The number of para-hydroxylation sites is 2. The van der Waals surface area contributed by atoms with Gasteiger partial charge >= 0.3 is 0 Å². The van der Waals surface area contributed by atoms with E-state index in [9.17, 15) is 4.79 Å². The van der Waals surface area contributed by atoms with E-state index in [0.717, 1.165) is 76.9 Å². The highest BCUT2D eigenvalue weighted by Crippen LogP contribution is 2.37. The smallest absolute Gasteiger partial charge is 0.264 e. The van der Waals surface area contributed by atoms with Gasteiger partial charge in [0, 0.05) is 39.3 Å². The number of nitrogens with zero attached hydrogens (tertiary/aromatic N) is 5. The molecule has 1 aromatic carbocycles. The zero-order valence-corrected chi connectivity index (χ0v) is 21.1. The summed E-state index contributed by atoms with van der Waals surface area (Å²) >= 11 is 1.51. The number of amides is 1. The van der Waals surface area contributed by atoms with E-state index in [1.807, 2.05) is 24.1 Å². The van der Waals surface area contributed by atoms with E-state index >= 15 is 0 Å². The summed E-state index contributed by atoms with van der Waals surface area (Å²) in [6.07, 6.45) is 7.55. The second-order valence-corrected chi connectivity index (χ2v) is 10.3. The van der Waals surface area contributed by atoms with Gasteiger partial charge in [0.15, 0.2) is 0 Å². The Hall–Kier alpha value is -2.87. The number of aryl methyl sites for hydroxylation is 1. The molecule has 1 aliphatic carbocycles. The highest BCUT2D eigenvalue weighted by Gasteiger charge is 2.29. The Labute approximate surface area is 205 Å². The Balaban J connectivity index is 1.38. The van der Waals surface area contributed by atoms with Crippen LogP contribution in [0.3, 0.4) is 0 Å². The Morgan fingerprint density at radius 2 is 1.76 bits per heavy atom. The number of thiophene rings is 1. The fourth-order valence-electron chi connectivity index (χ4n) is 5.34. The number of aromatic nitrogens is 2. The Kier molecular flexibility index (Phi) is 6.59. The molecule has 34 heavy (non-hydrogen) atoms. The van der Waals surface area contributed by atoms with Gasteiger partial charge in [-0.25, -0.2) is 9.97 Å². The zero-order chi connectivity index (χ0) is 23.7. The fraction of sp³-hybridized carbons (Fsp3) is 0.500. The lowest BCUT2D eigenvalue weighted by Gasteiger charge is -2.37. The number of carbonyl (C=O) groups is 1. The molecule has 180 valence electrons. The van der Waals surface area contributed by atoms with Crippen LogP contribution in [-0.4, -0.2) is 67.2 Å². The van der Waals surface area contributed by atoms with Crippen LogP contribution in [0.2, 0.25) is 0 Å². The number of hydrogen-bond donors (Lipinski definition) is 0. The van der Waals surface area contributed by atoms with Gasteiger partial charge in [0.2, 0.25) is 0 Å². The van der Waals surface area contributed by atoms with Crippen LogP contribution >= 0.6 is 11.3 Å². The molecule has 0 bridgehead atoms. The lowest BCUT2D eigenvalue weighted by Crippen LogP contribution is -2.47. The van der Waals surface area contributed by atoms with Crippen molar-refractivity contribution in [3.63, 3.8) is 0 Å². The minimum atomic E-state index is 0.124. The van der Waals surface area contributed by atoms with Crippen LogP contribution < -0.4 is 14.5 Å². The third-order valence-electron chi connectivity index (χ3n) is 7.35. The van der Waals surface area contributed by atoms with Gasteiger partial charge in [0.1, 0.15) is 22.7 Å². The van der Waals surface area contributed by atoms with Crippen molar-refractivity contribution in [2.45, 2.75) is 45.1 Å². The van der Waals surface area contributed by atoms with Gasteiger partial charge in [-0.05, 0) is 37.5 Å². The maximum Gasteiger partial charge on any atom is 0.264 e. The summed E-state index contributed by atoms with van der Waals surface area (Å²) in [6.45, 7) is 5.52. The summed E-state index contributed by atoms with van der Waals surface area (Å²) in [7, 11) is 3.68. The summed E-state index contributed by atoms with van der Waals surface area (Å²) in [5, 5.41) is 1.03. The van der Waals surface area contributed by atoms with E-state index in [1.54, 1.807) is 13.4 Å². The molecule has 5 rings (SSSR count). The number of fused-ring (bicyclic) bond motifs is 1. The van der Waals surface area contributed by atoms with Crippen LogP contribution in [0, 0.1) is 6.92 Å². The van der Waals surface area contributed by atoms with Crippen LogP contribution in [0.1, 0.15) is 47.3 Å². The average molecular weight is 480 g/mol. The SMILES string of the molecule is COc1ccccc1N1CCN(c2ncnc3sc(C(=O)N(C)C4CCCCC4)c(C)c23)CC1.